The number of rotatable bonds is 3. The lowest BCUT2D eigenvalue weighted by molar-refractivity contribution is -0.166. The van der Waals surface area contributed by atoms with Crippen molar-refractivity contribution in [1.82, 2.24) is 9.78 Å². The van der Waals surface area contributed by atoms with Crippen molar-refractivity contribution in [3.63, 3.8) is 0 Å². The lowest BCUT2D eigenvalue weighted by atomic mass is 10.0. The fourth-order valence-electron chi connectivity index (χ4n) is 2.32. The zero-order chi connectivity index (χ0) is 19.9. The normalized spacial score (nSPS) is 10.4. The van der Waals surface area contributed by atoms with Gasteiger partial charge in [-0.2, -0.15) is 13.9 Å². The van der Waals surface area contributed by atoms with Gasteiger partial charge in [-0.25, -0.2) is 4.79 Å². The molecule has 0 aliphatic carbocycles. The lowest BCUT2D eigenvalue weighted by Gasteiger charge is -2.12. The first-order valence-electron chi connectivity index (χ1n) is 8.53. The number of nitrogens with zero attached hydrogens (tertiary/aromatic N) is 2. The van der Waals surface area contributed by atoms with Crippen molar-refractivity contribution in [1.29, 1.82) is 0 Å². The van der Waals surface area contributed by atoms with Gasteiger partial charge in [-0.15, -0.1) is 0 Å². The Bertz CT molecular complexity index is 856. The number of aromatic nitrogens is 2. The third-order valence-corrected chi connectivity index (χ3v) is 3.60. The topological polar surface area (TPSA) is 55.1 Å². The van der Waals surface area contributed by atoms with Crippen LogP contribution in [0.15, 0.2) is 48.7 Å². The second-order valence-corrected chi connectivity index (χ2v) is 5.00. The molecular formula is C20H24F2N2O2. The van der Waals surface area contributed by atoms with Gasteiger partial charge in [-0.3, -0.25) is 4.68 Å². The van der Waals surface area contributed by atoms with Gasteiger partial charge < -0.3 is 5.11 Å². The van der Waals surface area contributed by atoms with Gasteiger partial charge in [0.25, 0.3) is 0 Å². The molecular weight excluding hydrogens is 338 g/mol. The van der Waals surface area contributed by atoms with E-state index in [9.17, 15) is 13.6 Å². The number of halogens is 2. The van der Waals surface area contributed by atoms with E-state index in [1.165, 1.54) is 12.1 Å². The molecule has 2 aromatic carbocycles. The average Bonchev–Trinajstić information content (AvgIpc) is 3.05. The van der Waals surface area contributed by atoms with Gasteiger partial charge in [-0.1, -0.05) is 64.1 Å². The molecule has 0 saturated heterocycles. The highest BCUT2D eigenvalue weighted by molar-refractivity contribution is 5.84. The number of carboxylic acid groups (broad SMARTS) is 1. The van der Waals surface area contributed by atoms with E-state index >= 15 is 0 Å². The summed E-state index contributed by atoms with van der Waals surface area (Å²) in [7, 11) is 1.82. The number of carboxylic acids is 1. The summed E-state index contributed by atoms with van der Waals surface area (Å²) in [6, 6.07) is 10.9. The Morgan fingerprint density at radius 2 is 1.54 bits per heavy atom. The highest BCUT2D eigenvalue weighted by atomic mass is 19.3. The number of carbonyl (C=O) groups is 1. The van der Waals surface area contributed by atoms with E-state index in [2.05, 4.69) is 5.10 Å². The van der Waals surface area contributed by atoms with Crippen LogP contribution in [0, 0.1) is 0 Å². The second kappa shape index (κ2) is 9.08. The molecule has 1 heterocycles. The monoisotopic (exact) mass is 362 g/mol. The Morgan fingerprint density at radius 1 is 1.00 bits per heavy atom. The molecule has 26 heavy (non-hydrogen) atoms. The molecule has 0 fully saturated rings. The maximum atomic E-state index is 13.4. The highest BCUT2D eigenvalue weighted by Crippen LogP contribution is 2.31. The molecule has 6 heteroatoms. The Labute approximate surface area is 152 Å². The van der Waals surface area contributed by atoms with Crippen LogP contribution in [0.4, 0.5) is 8.78 Å². The summed E-state index contributed by atoms with van der Waals surface area (Å²) in [5.41, 5.74) is 1.97. The van der Waals surface area contributed by atoms with Crippen LogP contribution < -0.4 is 0 Å². The zero-order valence-corrected chi connectivity index (χ0v) is 15.6. The van der Waals surface area contributed by atoms with Crippen molar-refractivity contribution in [2.24, 2.45) is 7.05 Å². The first-order chi connectivity index (χ1) is 12.4. The van der Waals surface area contributed by atoms with Crippen LogP contribution in [-0.2, 0) is 17.8 Å². The van der Waals surface area contributed by atoms with Crippen LogP contribution in [0.2, 0.25) is 0 Å². The minimum absolute atomic E-state index is 0.537. The third kappa shape index (κ3) is 4.25. The molecule has 0 unspecified atom stereocenters. The summed E-state index contributed by atoms with van der Waals surface area (Å²) in [6.45, 7) is 8.00. The molecule has 4 nitrogen and oxygen atoms in total. The summed E-state index contributed by atoms with van der Waals surface area (Å²) in [4.78, 5) is 10.6. The minimum atomic E-state index is -3.88. The van der Waals surface area contributed by atoms with E-state index in [0.29, 0.717) is 0 Å². The first-order valence-corrected chi connectivity index (χ1v) is 8.53. The van der Waals surface area contributed by atoms with Crippen LogP contribution in [0.5, 0.6) is 0 Å². The summed E-state index contributed by atoms with van der Waals surface area (Å²) in [5, 5.41) is 13.7. The summed E-state index contributed by atoms with van der Waals surface area (Å²) in [5.74, 6) is -6.04. The standard InChI is InChI=1S/C16H12F2N2O2.2C2H6/c1-20-14-8-11(2-3-12(14)9-19-20)10-4-6-13(7-5-10)16(17,18)15(21)22;2*1-2/h2-9H,1H3,(H,21,22);2*1-2H3. The number of benzene rings is 2. The molecule has 0 aliphatic heterocycles. The number of aryl methyl sites for hydroxylation is 1. The van der Waals surface area contributed by atoms with E-state index in [1.54, 1.807) is 10.9 Å². The van der Waals surface area contributed by atoms with Crippen LogP contribution >= 0.6 is 0 Å². The van der Waals surface area contributed by atoms with Crippen LogP contribution in [-0.4, -0.2) is 20.9 Å². The number of hydrogen-bond acceptors (Lipinski definition) is 2. The summed E-state index contributed by atoms with van der Waals surface area (Å²) in [6.07, 6.45) is 1.75. The summed E-state index contributed by atoms with van der Waals surface area (Å²) >= 11 is 0. The Balaban J connectivity index is 0.000000791. The average molecular weight is 362 g/mol. The van der Waals surface area contributed by atoms with Gasteiger partial charge in [0.05, 0.1) is 11.7 Å². The predicted octanol–water partition coefficient (Wildman–Crippen LogP) is 5.47. The zero-order valence-electron chi connectivity index (χ0n) is 15.6. The van der Waals surface area contributed by atoms with E-state index in [1.807, 2.05) is 52.9 Å². The van der Waals surface area contributed by atoms with Crippen LogP contribution in [0.3, 0.4) is 0 Å². The Kier molecular flexibility index (Phi) is 7.43. The van der Waals surface area contributed by atoms with Crippen molar-refractivity contribution < 1.29 is 18.7 Å². The van der Waals surface area contributed by atoms with Crippen molar-refractivity contribution >= 4 is 16.9 Å². The van der Waals surface area contributed by atoms with Gasteiger partial charge in [-0.05, 0) is 17.2 Å². The van der Waals surface area contributed by atoms with Crippen molar-refractivity contribution in [2.75, 3.05) is 0 Å². The number of fused-ring (bicyclic) bond motifs is 1. The molecule has 0 radical (unpaired) electrons. The molecule has 1 aromatic heterocycles. The molecule has 3 aromatic rings. The molecule has 0 atom stereocenters. The SMILES string of the molecule is CC.CC.Cn1ncc2ccc(-c3ccc(C(F)(F)C(=O)O)cc3)cc21. The van der Waals surface area contributed by atoms with Gasteiger partial charge in [0, 0.05) is 18.0 Å². The molecule has 0 amide bonds. The van der Waals surface area contributed by atoms with E-state index < -0.39 is 17.5 Å². The van der Waals surface area contributed by atoms with Crippen LogP contribution in [0.25, 0.3) is 22.0 Å². The number of alkyl halides is 2. The van der Waals surface area contributed by atoms with Crippen molar-refractivity contribution in [3.8, 4) is 11.1 Å². The van der Waals surface area contributed by atoms with E-state index in [4.69, 9.17) is 5.11 Å². The van der Waals surface area contributed by atoms with Gasteiger partial charge in [0.2, 0.25) is 0 Å². The molecule has 0 saturated carbocycles. The van der Waals surface area contributed by atoms with Crippen molar-refractivity contribution in [2.45, 2.75) is 33.6 Å². The fourth-order valence-corrected chi connectivity index (χ4v) is 2.32. The number of hydrogen-bond donors (Lipinski definition) is 1. The predicted molar refractivity (Wildman–Crippen MR) is 100 cm³/mol. The maximum absolute atomic E-state index is 13.4. The van der Waals surface area contributed by atoms with Gasteiger partial charge in [0.1, 0.15) is 0 Å². The van der Waals surface area contributed by atoms with E-state index in [-0.39, 0.29) is 0 Å². The fraction of sp³-hybridized carbons (Fsp3) is 0.300. The van der Waals surface area contributed by atoms with Crippen LogP contribution in [0.1, 0.15) is 33.3 Å². The first kappa shape index (κ1) is 21.3. The molecule has 0 spiro atoms. The number of aliphatic carboxylic acids is 1. The van der Waals surface area contributed by atoms with Gasteiger partial charge >= 0.3 is 11.9 Å². The molecule has 0 bridgehead atoms. The molecule has 3 rings (SSSR count). The summed E-state index contributed by atoms with van der Waals surface area (Å²) < 4.78 is 28.6. The third-order valence-electron chi connectivity index (χ3n) is 3.60. The second-order valence-electron chi connectivity index (χ2n) is 5.00. The van der Waals surface area contributed by atoms with E-state index in [0.717, 1.165) is 34.2 Å². The van der Waals surface area contributed by atoms with Crippen molar-refractivity contribution in [3.05, 3.63) is 54.2 Å². The quantitative estimate of drug-likeness (QED) is 0.672. The smallest absolute Gasteiger partial charge is 0.379 e. The molecule has 140 valence electrons. The lowest BCUT2D eigenvalue weighted by Crippen LogP contribution is -2.25. The minimum Gasteiger partial charge on any atom is -0.477 e. The molecule has 0 aliphatic rings. The maximum Gasteiger partial charge on any atom is 0.379 e. The molecule has 1 N–H and O–H groups in total. The Morgan fingerprint density at radius 3 is 2.08 bits per heavy atom. The largest absolute Gasteiger partial charge is 0.477 e. The Hall–Kier alpha value is -2.76. The van der Waals surface area contributed by atoms with Gasteiger partial charge in [0.15, 0.2) is 0 Å². The highest BCUT2D eigenvalue weighted by Gasteiger charge is 2.40.